The third-order valence-corrected chi connectivity index (χ3v) is 3.38. The molecule has 1 aliphatic rings. The normalized spacial score (nSPS) is 25.5. The fourth-order valence-electron chi connectivity index (χ4n) is 2.50. The molecule has 0 spiro atoms. The molecule has 0 aromatic rings. The monoisotopic (exact) mass is 212 g/mol. The molecule has 0 radical (unpaired) electrons. The predicted octanol–water partition coefficient (Wildman–Crippen LogP) is 1.62. The van der Waals surface area contributed by atoms with Crippen molar-refractivity contribution in [3.05, 3.63) is 0 Å². The lowest BCUT2D eigenvalue weighted by atomic mass is 9.96. The van der Waals surface area contributed by atoms with Crippen LogP contribution in [0.25, 0.3) is 0 Å². The van der Waals surface area contributed by atoms with Gasteiger partial charge in [-0.1, -0.05) is 20.3 Å². The fourth-order valence-corrected chi connectivity index (χ4v) is 2.50. The second kappa shape index (κ2) is 6.11. The molecular formula is C12H24N2O. The highest BCUT2D eigenvalue weighted by atomic mass is 16.2. The summed E-state index contributed by atoms with van der Waals surface area (Å²) in [6.07, 6.45) is 4.51. The molecule has 1 amide bonds. The Morgan fingerprint density at radius 2 is 2.13 bits per heavy atom. The van der Waals surface area contributed by atoms with E-state index in [0.29, 0.717) is 18.4 Å². The van der Waals surface area contributed by atoms with E-state index in [1.54, 1.807) is 0 Å². The summed E-state index contributed by atoms with van der Waals surface area (Å²) in [4.78, 5) is 14.2. The molecule has 0 heterocycles. The van der Waals surface area contributed by atoms with Gasteiger partial charge in [0.1, 0.15) is 0 Å². The molecule has 0 aromatic carbocycles. The van der Waals surface area contributed by atoms with Crippen molar-refractivity contribution in [3.8, 4) is 0 Å². The maximum Gasteiger partial charge on any atom is 0.225 e. The fraction of sp³-hybridized carbons (Fsp3) is 0.917. The summed E-state index contributed by atoms with van der Waals surface area (Å²) in [5.74, 6) is 1.17. The van der Waals surface area contributed by atoms with E-state index in [1.807, 2.05) is 4.90 Å². The van der Waals surface area contributed by atoms with E-state index in [4.69, 9.17) is 5.73 Å². The van der Waals surface area contributed by atoms with Crippen molar-refractivity contribution >= 4 is 5.91 Å². The van der Waals surface area contributed by atoms with E-state index in [-0.39, 0.29) is 5.92 Å². The summed E-state index contributed by atoms with van der Waals surface area (Å²) < 4.78 is 0. The Labute approximate surface area is 93.0 Å². The third-order valence-electron chi connectivity index (χ3n) is 3.38. The smallest absolute Gasteiger partial charge is 0.225 e. The van der Waals surface area contributed by atoms with Crippen molar-refractivity contribution in [2.45, 2.75) is 39.5 Å². The first-order valence-corrected chi connectivity index (χ1v) is 6.19. The molecular weight excluding hydrogens is 188 g/mol. The predicted molar refractivity (Wildman–Crippen MR) is 62.4 cm³/mol. The number of nitrogens with zero attached hydrogens (tertiary/aromatic N) is 1. The van der Waals surface area contributed by atoms with Crippen molar-refractivity contribution in [1.82, 2.24) is 4.90 Å². The molecule has 3 heteroatoms. The average molecular weight is 212 g/mol. The zero-order valence-electron chi connectivity index (χ0n) is 10.0. The molecule has 1 rings (SSSR count). The van der Waals surface area contributed by atoms with Crippen LogP contribution in [0, 0.1) is 11.8 Å². The van der Waals surface area contributed by atoms with Gasteiger partial charge in [-0.2, -0.15) is 0 Å². The molecule has 1 aliphatic carbocycles. The minimum Gasteiger partial charge on any atom is -0.341 e. The Kier molecular flexibility index (Phi) is 5.09. The van der Waals surface area contributed by atoms with Crippen LogP contribution in [0.3, 0.4) is 0 Å². The molecule has 2 unspecified atom stereocenters. The Balaban J connectivity index is 2.54. The van der Waals surface area contributed by atoms with Gasteiger partial charge in [-0.15, -0.1) is 0 Å². The Bertz CT molecular complexity index is 200. The largest absolute Gasteiger partial charge is 0.341 e. The number of rotatable bonds is 5. The second-order valence-electron chi connectivity index (χ2n) is 4.63. The van der Waals surface area contributed by atoms with Gasteiger partial charge in [0.2, 0.25) is 5.91 Å². The van der Waals surface area contributed by atoms with Crippen molar-refractivity contribution in [3.63, 3.8) is 0 Å². The molecule has 2 N–H and O–H groups in total. The van der Waals surface area contributed by atoms with Crippen molar-refractivity contribution in [1.29, 1.82) is 0 Å². The summed E-state index contributed by atoms with van der Waals surface area (Å²) >= 11 is 0. The number of hydrogen-bond acceptors (Lipinski definition) is 2. The van der Waals surface area contributed by atoms with E-state index < -0.39 is 0 Å². The first kappa shape index (κ1) is 12.5. The van der Waals surface area contributed by atoms with Gasteiger partial charge in [-0.25, -0.2) is 0 Å². The van der Waals surface area contributed by atoms with Crippen molar-refractivity contribution in [2.24, 2.45) is 17.6 Å². The van der Waals surface area contributed by atoms with Gasteiger partial charge in [-0.3, -0.25) is 4.79 Å². The molecule has 0 aromatic heterocycles. The number of carbonyl (C=O) groups is 1. The van der Waals surface area contributed by atoms with Gasteiger partial charge in [-0.05, 0) is 25.2 Å². The van der Waals surface area contributed by atoms with E-state index in [0.717, 1.165) is 25.9 Å². The van der Waals surface area contributed by atoms with Gasteiger partial charge in [0.25, 0.3) is 0 Å². The van der Waals surface area contributed by atoms with Gasteiger partial charge >= 0.3 is 0 Å². The molecule has 3 nitrogen and oxygen atoms in total. The molecule has 15 heavy (non-hydrogen) atoms. The maximum atomic E-state index is 12.2. The van der Waals surface area contributed by atoms with Crippen LogP contribution in [-0.4, -0.2) is 30.4 Å². The Morgan fingerprint density at radius 1 is 1.40 bits per heavy atom. The minimum atomic E-state index is 0.267. The highest BCUT2D eigenvalue weighted by molar-refractivity contribution is 5.79. The number of nitrogens with two attached hydrogens (primary N) is 1. The van der Waals surface area contributed by atoms with E-state index in [2.05, 4.69) is 13.8 Å². The zero-order chi connectivity index (χ0) is 11.3. The molecule has 0 saturated heterocycles. The van der Waals surface area contributed by atoms with Crippen LogP contribution in [0.4, 0.5) is 0 Å². The standard InChI is InChI=1S/C12H24N2O/c1-3-8-14(9-7-13)12(15)11-6-4-5-10(11)2/h10-11H,3-9,13H2,1-2H3. The third kappa shape index (κ3) is 3.20. The number of hydrogen-bond donors (Lipinski definition) is 1. The van der Waals surface area contributed by atoms with Crippen LogP contribution in [-0.2, 0) is 4.79 Å². The molecule has 2 atom stereocenters. The number of amides is 1. The first-order chi connectivity index (χ1) is 7.20. The van der Waals surface area contributed by atoms with Crippen molar-refractivity contribution in [2.75, 3.05) is 19.6 Å². The van der Waals surface area contributed by atoms with E-state index in [1.165, 1.54) is 12.8 Å². The topological polar surface area (TPSA) is 46.3 Å². The summed E-state index contributed by atoms with van der Waals surface area (Å²) in [5.41, 5.74) is 5.54. The van der Waals surface area contributed by atoms with Crippen LogP contribution < -0.4 is 5.73 Å². The highest BCUT2D eigenvalue weighted by Gasteiger charge is 2.32. The van der Waals surface area contributed by atoms with Gasteiger partial charge in [0, 0.05) is 25.6 Å². The second-order valence-corrected chi connectivity index (χ2v) is 4.63. The summed E-state index contributed by atoms with van der Waals surface area (Å²) in [6.45, 7) is 6.46. The molecule has 0 bridgehead atoms. The van der Waals surface area contributed by atoms with E-state index >= 15 is 0 Å². The van der Waals surface area contributed by atoms with Crippen LogP contribution in [0.1, 0.15) is 39.5 Å². The van der Waals surface area contributed by atoms with Crippen LogP contribution >= 0.6 is 0 Å². The molecule has 1 saturated carbocycles. The summed E-state index contributed by atoms with van der Waals surface area (Å²) in [7, 11) is 0. The lowest BCUT2D eigenvalue weighted by Crippen LogP contribution is -2.40. The molecule has 88 valence electrons. The van der Waals surface area contributed by atoms with Gasteiger partial charge < -0.3 is 10.6 Å². The van der Waals surface area contributed by atoms with E-state index in [9.17, 15) is 4.79 Å². The minimum absolute atomic E-state index is 0.267. The van der Waals surface area contributed by atoms with Crippen LogP contribution in [0.15, 0.2) is 0 Å². The van der Waals surface area contributed by atoms with Crippen molar-refractivity contribution < 1.29 is 4.79 Å². The lowest BCUT2D eigenvalue weighted by Gasteiger charge is -2.26. The Morgan fingerprint density at radius 3 is 2.60 bits per heavy atom. The average Bonchev–Trinajstić information content (AvgIpc) is 2.63. The summed E-state index contributed by atoms with van der Waals surface area (Å²) in [6, 6.07) is 0. The summed E-state index contributed by atoms with van der Waals surface area (Å²) in [5, 5.41) is 0. The molecule has 1 fully saturated rings. The highest BCUT2D eigenvalue weighted by Crippen LogP contribution is 2.32. The zero-order valence-corrected chi connectivity index (χ0v) is 10.0. The molecule has 0 aliphatic heterocycles. The number of carbonyl (C=O) groups excluding carboxylic acids is 1. The lowest BCUT2D eigenvalue weighted by molar-refractivity contribution is -0.136. The van der Waals surface area contributed by atoms with Crippen LogP contribution in [0.5, 0.6) is 0 Å². The first-order valence-electron chi connectivity index (χ1n) is 6.19. The SMILES string of the molecule is CCCN(CCN)C(=O)C1CCCC1C. The maximum absolute atomic E-state index is 12.2. The van der Waals surface area contributed by atoms with Gasteiger partial charge in [0.05, 0.1) is 0 Å². The van der Waals surface area contributed by atoms with Crippen LogP contribution in [0.2, 0.25) is 0 Å². The van der Waals surface area contributed by atoms with Gasteiger partial charge in [0.15, 0.2) is 0 Å². The Hall–Kier alpha value is -0.570. The quantitative estimate of drug-likeness (QED) is 0.752.